The summed E-state index contributed by atoms with van der Waals surface area (Å²) in [7, 11) is 0. The van der Waals surface area contributed by atoms with Crippen molar-refractivity contribution in [2.45, 2.75) is 71.1 Å². The monoisotopic (exact) mass is 649 g/mol. The molecule has 0 aromatic heterocycles. The molecule has 248 valence electrons. The highest BCUT2D eigenvalue weighted by Crippen LogP contribution is 2.45. The predicted molar refractivity (Wildman–Crippen MR) is 183 cm³/mol. The number of hydrogen-bond acceptors (Lipinski definition) is 5. The maximum absolute atomic E-state index is 13.7. The van der Waals surface area contributed by atoms with Gasteiger partial charge in [0.2, 0.25) is 0 Å². The van der Waals surface area contributed by atoms with E-state index in [9.17, 15) is 14.7 Å². The van der Waals surface area contributed by atoms with Crippen LogP contribution in [-0.2, 0) is 23.3 Å². The van der Waals surface area contributed by atoms with Crippen LogP contribution < -0.4 is 10.6 Å². The molecule has 1 aliphatic heterocycles. The van der Waals surface area contributed by atoms with Crippen molar-refractivity contribution in [1.29, 1.82) is 0 Å². The Balaban J connectivity index is 1.57. The average Bonchev–Trinajstić information content (AvgIpc) is 3.06. The molecule has 0 spiro atoms. The summed E-state index contributed by atoms with van der Waals surface area (Å²) in [6.07, 6.45) is 2.17. The summed E-state index contributed by atoms with van der Waals surface area (Å²) in [5.41, 5.74) is 3.91. The predicted octanol–water partition coefficient (Wildman–Crippen LogP) is 6.87. The molecule has 8 nitrogen and oxygen atoms in total. The highest BCUT2D eigenvalue weighted by atomic mass is 35.5. The van der Waals surface area contributed by atoms with Crippen LogP contribution in [0.5, 0.6) is 0 Å². The number of hydrogen-bond donors (Lipinski definition) is 4. The van der Waals surface area contributed by atoms with Crippen molar-refractivity contribution in [2.75, 3.05) is 32.8 Å². The number of piperidine rings is 1. The lowest BCUT2D eigenvalue weighted by Crippen LogP contribution is -2.48. The van der Waals surface area contributed by atoms with E-state index in [-0.39, 0.29) is 24.5 Å². The Morgan fingerprint density at radius 3 is 2.54 bits per heavy atom. The van der Waals surface area contributed by atoms with Gasteiger partial charge >= 0.3 is 6.09 Å². The minimum atomic E-state index is -1.35. The van der Waals surface area contributed by atoms with Crippen molar-refractivity contribution in [1.82, 2.24) is 15.5 Å². The zero-order valence-corrected chi connectivity index (χ0v) is 28.0. The van der Waals surface area contributed by atoms with Gasteiger partial charge in [-0.3, -0.25) is 4.79 Å². The van der Waals surface area contributed by atoms with E-state index in [1.165, 1.54) is 0 Å². The van der Waals surface area contributed by atoms with Crippen LogP contribution in [0.2, 0.25) is 5.02 Å². The third-order valence-electron chi connectivity index (χ3n) is 8.76. The van der Waals surface area contributed by atoms with Crippen LogP contribution in [-0.4, -0.2) is 66.0 Å². The number of benzene rings is 3. The number of carbonyl (C=O) groups excluding carboxylic acids is 1. The van der Waals surface area contributed by atoms with Crippen molar-refractivity contribution in [3.05, 3.63) is 94.0 Å². The van der Waals surface area contributed by atoms with E-state index in [4.69, 9.17) is 21.4 Å². The molecule has 9 heteroatoms. The molecule has 0 radical (unpaired) electrons. The molecule has 4 N–H and O–H groups in total. The summed E-state index contributed by atoms with van der Waals surface area (Å²) in [6, 6.07) is 21.5. The Morgan fingerprint density at radius 1 is 1.07 bits per heavy atom. The molecule has 0 saturated carbocycles. The van der Waals surface area contributed by atoms with Gasteiger partial charge in [0.25, 0.3) is 5.91 Å². The summed E-state index contributed by atoms with van der Waals surface area (Å²) in [5.74, 6) is -0.343. The second-order valence-electron chi connectivity index (χ2n) is 12.4. The topological polar surface area (TPSA) is 111 Å². The van der Waals surface area contributed by atoms with Crippen LogP contribution in [0.3, 0.4) is 0 Å². The van der Waals surface area contributed by atoms with Crippen molar-refractivity contribution >= 4 is 23.6 Å². The Morgan fingerprint density at radius 2 is 1.83 bits per heavy atom. The fraction of sp³-hybridized carbons (Fsp3) is 0.459. The summed E-state index contributed by atoms with van der Waals surface area (Å²) in [5, 5.41) is 28.2. The number of aryl methyl sites for hydroxylation is 1. The molecule has 3 aromatic rings. The zero-order chi connectivity index (χ0) is 33.1. The smallest absolute Gasteiger partial charge is 0.404 e. The first-order valence-electron chi connectivity index (χ1n) is 16.4. The van der Waals surface area contributed by atoms with Gasteiger partial charge in [-0.05, 0) is 86.4 Å². The SMILES string of the molecule is CCc1cccc(-c2c(Cl)cccc2[C@](O)(CCCNC(=O)O)[C@@H]2CCCN(C(=O)c3ccc(CNCCOC(C)C)cc3)C2)c1. The van der Waals surface area contributed by atoms with E-state index in [1.807, 2.05) is 73.3 Å². The quantitative estimate of drug-likeness (QED) is 0.134. The summed E-state index contributed by atoms with van der Waals surface area (Å²) in [6.45, 7) is 9.41. The molecule has 0 unspecified atom stereocenters. The minimum Gasteiger partial charge on any atom is -0.465 e. The molecule has 1 saturated heterocycles. The van der Waals surface area contributed by atoms with E-state index in [0.717, 1.165) is 48.1 Å². The van der Waals surface area contributed by atoms with Crippen LogP contribution in [0.25, 0.3) is 11.1 Å². The Bertz CT molecular complexity index is 1450. The summed E-state index contributed by atoms with van der Waals surface area (Å²) in [4.78, 5) is 26.8. The number of carboxylic acid groups (broad SMARTS) is 1. The maximum Gasteiger partial charge on any atom is 0.404 e. The molecule has 1 fully saturated rings. The Hall–Kier alpha value is -3.43. The third kappa shape index (κ3) is 9.32. The molecule has 1 heterocycles. The van der Waals surface area contributed by atoms with E-state index in [0.29, 0.717) is 55.2 Å². The minimum absolute atomic E-state index is 0.0635. The molecule has 2 atom stereocenters. The van der Waals surface area contributed by atoms with Gasteiger partial charge in [0.15, 0.2) is 0 Å². The number of nitrogens with zero attached hydrogens (tertiary/aromatic N) is 1. The first-order valence-corrected chi connectivity index (χ1v) is 16.8. The fourth-order valence-corrected chi connectivity index (χ4v) is 6.62. The first-order chi connectivity index (χ1) is 22.1. The molecular formula is C37H48ClN3O5. The summed E-state index contributed by atoms with van der Waals surface area (Å²) < 4.78 is 5.58. The third-order valence-corrected chi connectivity index (χ3v) is 9.07. The van der Waals surface area contributed by atoms with Gasteiger partial charge in [0.1, 0.15) is 0 Å². The van der Waals surface area contributed by atoms with E-state index < -0.39 is 11.7 Å². The molecule has 46 heavy (non-hydrogen) atoms. The number of amides is 2. The van der Waals surface area contributed by atoms with Gasteiger partial charge in [-0.25, -0.2) is 4.79 Å². The molecular weight excluding hydrogens is 602 g/mol. The Kier molecular flexibility index (Phi) is 13.0. The number of carbonyl (C=O) groups is 2. The standard InChI is InChI=1S/C37H48ClN3O5/c1-4-27-9-5-10-30(23-27)34-32(12-6-13-33(34)38)37(45,18-8-19-40-36(43)44)31-11-7-21-41(25-31)35(42)29-16-14-28(15-17-29)24-39-20-22-46-26(2)3/h5-6,9-10,12-17,23,26,31,39-40,45H,4,7-8,11,18-22,24-25H2,1-3H3,(H,43,44)/t31-,37+/m1/s1. The lowest BCUT2D eigenvalue weighted by Gasteiger charge is -2.44. The lowest BCUT2D eigenvalue weighted by atomic mass is 9.72. The van der Waals surface area contributed by atoms with Gasteiger partial charge in [0, 0.05) is 54.8 Å². The second-order valence-corrected chi connectivity index (χ2v) is 12.8. The maximum atomic E-state index is 13.7. The number of likely N-dealkylation sites (tertiary alicyclic amines) is 1. The number of aliphatic hydroxyl groups is 1. The van der Waals surface area contributed by atoms with Gasteiger partial charge in [-0.15, -0.1) is 0 Å². The zero-order valence-electron chi connectivity index (χ0n) is 27.2. The van der Waals surface area contributed by atoms with Crippen molar-refractivity contribution in [3.63, 3.8) is 0 Å². The van der Waals surface area contributed by atoms with Gasteiger partial charge in [-0.2, -0.15) is 0 Å². The molecule has 1 aliphatic rings. The number of ether oxygens (including phenoxy) is 1. The number of halogens is 1. The average molecular weight is 650 g/mol. The second kappa shape index (κ2) is 16.9. The van der Waals surface area contributed by atoms with Crippen molar-refractivity contribution in [3.8, 4) is 11.1 Å². The molecule has 2 amide bonds. The largest absolute Gasteiger partial charge is 0.465 e. The van der Waals surface area contributed by atoms with Gasteiger partial charge in [0.05, 0.1) is 18.3 Å². The highest BCUT2D eigenvalue weighted by Gasteiger charge is 2.43. The normalized spacial score (nSPS) is 16.3. The van der Waals surface area contributed by atoms with E-state index >= 15 is 0 Å². The molecule has 0 bridgehead atoms. The van der Waals surface area contributed by atoms with Crippen molar-refractivity contribution in [2.24, 2.45) is 5.92 Å². The van der Waals surface area contributed by atoms with Crippen LogP contribution in [0.4, 0.5) is 4.79 Å². The highest BCUT2D eigenvalue weighted by molar-refractivity contribution is 6.33. The van der Waals surface area contributed by atoms with Crippen molar-refractivity contribution < 1.29 is 24.5 Å². The van der Waals surface area contributed by atoms with Crippen LogP contribution >= 0.6 is 11.6 Å². The molecule has 3 aromatic carbocycles. The van der Waals surface area contributed by atoms with E-state index in [1.54, 1.807) is 0 Å². The first kappa shape index (κ1) is 35.4. The van der Waals surface area contributed by atoms with Crippen LogP contribution in [0.1, 0.15) is 73.5 Å². The lowest BCUT2D eigenvalue weighted by molar-refractivity contribution is -0.0563. The van der Waals surface area contributed by atoms with Gasteiger partial charge in [-0.1, -0.05) is 67.1 Å². The number of rotatable bonds is 15. The summed E-state index contributed by atoms with van der Waals surface area (Å²) >= 11 is 6.86. The Labute approximate surface area is 278 Å². The van der Waals surface area contributed by atoms with Crippen LogP contribution in [0, 0.1) is 5.92 Å². The molecule has 0 aliphatic carbocycles. The van der Waals surface area contributed by atoms with Crippen LogP contribution in [0.15, 0.2) is 66.7 Å². The molecule has 4 rings (SSSR count). The van der Waals surface area contributed by atoms with E-state index in [2.05, 4.69) is 29.7 Å². The fourth-order valence-electron chi connectivity index (χ4n) is 6.34. The number of nitrogens with one attached hydrogen (secondary N) is 2. The van der Waals surface area contributed by atoms with Gasteiger partial charge < -0.3 is 30.5 Å².